The van der Waals surface area contributed by atoms with Crippen LogP contribution in [-0.4, -0.2) is 107 Å². The molecule has 3 unspecified atom stereocenters. The molecule has 0 aliphatic rings. The Morgan fingerprint density at radius 3 is 1.82 bits per heavy atom. The number of carbonyl (C=O) groups is 2. The van der Waals surface area contributed by atoms with Crippen molar-refractivity contribution in [2.75, 3.05) is 83.4 Å². The van der Waals surface area contributed by atoms with Gasteiger partial charge in [-0.25, -0.2) is 0 Å². The number of nitrogens with one attached hydrogen (secondary N) is 2. The monoisotopic (exact) mass is 834 g/mol. The van der Waals surface area contributed by atoms with E-state index in [1.807, 2.05) is 6.07 Å². The summed E-state index contributed by atoms with van der Waals surface area (Å²) in [6.07, 6.45) is 0. The van der Waals surface area contributed by atoms with Gasteiger partial charge in [0.15, 0.2) is 0 Å². The molecule has 15 heteroatoms. The molecule has 0 heterocycles. The van der Waals surface area contributed by atoms with Crippen LogP contribution in [0.3, 0.4) is 0 Å². The summed E-state index contributed by atoms with van der Waals surface area (Å²) < 4.78 is -1.32. The van der Waals surface area contributed by atoms with Gasteiger partial charge in [0.05, 0.1) is 0 Å². The first-order valence-corrected chi connectivity index (χ1v) is 34.6. The average molecular weight is 835 g/mol. The lowest BCUT2D eigenvalue weighted by Gasteiger charge is -2.32. The summed E-state index contributed by atoms with van der Waals surface area (Å²) in [4.78, 5) is 24.4. The maximum Gasteiger partial charge on any atom is 0.251 e. The molecule has 0 saturated carbocycles. The lowest BCUT2D eigenvalue weighted by Crippen LogP contribution is -2.34. The molecule has 224 valence electrons. The molecule has 0 bridgehead atoms. The topological polar surface area (TPSA) is 58.2 Å². The van der Waals surface area contributed by atoms with Crippen LogP contribution >= 0.6 is 59.7 Å². The molecule has 39 heavy (non-hydrogen) atoms. The van der Waals surface area contributed by atoms with Crippen LogP contribution in [0.25, 0.3) is 0 Å². The molecule has 0 radical (unpaired) electrons. The summed E-state index contributed by atoms with van der Waals surface area (Å²) in [7, 11) is 2.48. The summed E-state index contributed by atoms with van der Waals surface area (Å²) in [5, 5.41) is 8.51. The highest BCUT2D eigenvalue weighted by Gasteiger charge is 2.29. The minimum absolute atomic E-state index is 0.100. The first kappa shape index (κ1) is 39.1. The Morgan fingerprint density at radius 2 is 1.36 bits per heavy atom. The van der Waals surface area contributed by atoms with Crippen LogP contribution in [0, 0.1) is 0 Å². The van der Waals surface area contributed by atoms with Crippen molar-refractivity contribution in [3.8, 4) is 0 Å². The zero-order valence-corrected chi connectivity index (χ0v) is 35.2. The second kappa shape index (κ2) is 17.0. The Balaban J connectivity index is 3.82. The maximum absolute atomic E-state index is 13.2. The van der Waals surface area contributed by atoms with Crippen molar-refractivity contribution in [1.29, 1.82) is 0 Å². The lowest BCUT2D eigenvalue weighted by atomic mass is 10.2. The predicted octanol–water partition coefficient (Wildman–Crippen LogP) is 6.21. The highest BCUT2D eigenvalue weighted by molar-refractivity contribution is 14.2. The Hall–Kier alpha value is 2.09. The van der Waals surface area contributed by atoms with Gasteiger partial charge in [0.25, 0.3) is 5.91 Å². The Bertz CT molecular complexity index is 1320. The summed E-state index contributed by atoms with van der Waals surface area (Å²) in [5.74, 6) is 12.6. The normalized spacial score (nSPS) is 15.5. The number of carbonyl (C=O) groups excluding carboxylic acids is 2. The van der Waals surface area contributed by atoms with Crippen molar-refractivity contribution < 1.29 is 9.59 Å². The number of benzene rings is 1. The Labute approximate surface area is 270 Å². The summed E-state index contributed by atoms with van der Waals surface area (Å²) in [5.41, 5.74) is 0.684. The molecule has 1 rings (SSSR count). The maximum atomic E-state index is 13.2. The molecule has 0 aliphatic heterocycles. The molecule has 1 aromatic carbocycles. The standard InChI is InChI=1S/C24H45IN2O2P6S4/c1-20(28)26-13-14-27-24(29)21-11-12-22(30(16-32(2,3)36)18-34(6,7)38-9)23(15-21)31(17-33(4,5)37)19-35(8,25)39-10/h11-12,15H,9-10,13-14,16-19H2,1-8H3,(H,26,28)(H,27,29). The fourth-order valence-electron chi connectivity index (χ4n) is 3.72. The van der Waals surface area contributed by atoms with E-state index in [0.717, 1.165) is 23.6 Å². The number of hydrogen-bond acceptors (Lipinski definition) is 4. The van der Waals surface area contributed by atoms with Crippen LogP contribution in [0.4, 0.5) is 0 Å². The van der Waals surface area contributed by atoms with E-state index in [4.69, 9.17) is 23.6 Å². The minimum atomic E-state index is -1.50. The molecule has 3 atom stereocenters. The van der Waals surface area contributed by atoms with Gasteiger partial charge in [0.1, 0.15) is 0 Å². The largest absolute Gasteiger partial charge is 0.355 e. The van der Waals surface area contributed by atoms with Crippen LogP contribution in [0.1, 0.15) is 17.3 Å². The molecule has 0 aliphatic carbocycles. The van der Waals surface area contributed by atoms with Gasteiger partial charge < -0.3 is 10.6 Å². The van der Waals surface area contributed by atoms with Gasteiger partial charge in [0.2, 0.25) is 5.91 Å². The van der Waals surface area contributed by atoms with Gasteiger partial charge >= 0.3 is 0 Å². The minimum Gasteiger partial charge on any atom is -0.355 e. The number of hydrogen-bond donors (Lipinski definition) is 2. The fraction of sp³-hybridized carbons (Fsp3) is 0.583. The van der Waals surface area contributed by atoms with Gasteiger partial charge in [-0.1, -0.05) is 51.6 Å². The highest BCUT2D eigenvalue weighted by atomic mass is 127. The number of amides is 2. The third kappa shape index (κ3) is 16.1. The van der Waals surface area contributed by atoms with Crippen LogP contribution in [0.2, 0.25) is 0 Å². The molecule has 0 fully saturated rings. The molecule has 2 amide bonds. The third-order valence-electron chi connectivity index (χ3n) is 5.28. The van der Waals surface area contributed by atoms with E-state index >= 15 is 0 Å². The van der Waals surface area contributed by atoms with E-state index in [1.165, 1.54) is 17.5 Å². The van der Waals surface area contributed by atoms with Crippen LogP contribution in [-0.2, 0) is 49.5 Å². The number of halogens is 1. The van der Waals surface area contributed by atoms with Crippen molar-refractivity contribution in [1.82, 2.24) is 10.6 Å². The van der Waals surface area contributed by atoms with Gasteiger partial charge in [-0.3, -0.25) is 9.59 Å². The van der Waals surface area contributed by atoms with E-state index in [2.05, 4.69) is 103 Å². The van der Waals surface area contributed by atoms with E-state index in [0.29, 0.717) is 18.7 Å². The van der Waals surface area contributed by atoms with Crippen molar-refractivity contribution in [3.63, 3.8) is 0 Å². The molecule has 0 aromatic heterocycles. The first-order valence-electron chi connectivity index (χ1n) is 12.2. The van der Waals surface area contributed by atoms with Gasteiger partial charge in [0, 0.05) is 52.9 Å². The molecule has 4 nitrogen and oxygen atoms in total. The molecule has 0 spiro atoms. The summed E-state index contributed by atoms with van der Waals surface area (Å²) in [6.45, 7) is 18.5. The van der Waals surface area contributed by atoms with E-state index < -0.39 is 37.6 Å². The predicted molar refractivity (Wildman–Crippen MR) is 217 cm³/mol. The molecular weight excluding hydrogens is 789 g/mol. The summed E-state index contributed by atoms with van der Waals surface area (Å²) in [6, 6.07) is 2.21. The van der Waals surface area contributed by atoms with Crippen molar-refractivity contribution >= 4 is 139 Å². The van der Waals surface area contributed by atoms with E-state index in [9.17, 15) is 9.59 Å². The highest BCUT2D eigenvalue weighted by Crippen LogP contribution is 2.66. The van der Waals surface area contributed by atoms with Crippen molar-refractivity contribution in [2.45, 2.75) is 6.92 Å². The second-order valence-electron chi connectivity index (χ2n) is 11.1. The zero-order valence-electron chi connectivity index (χ0n) is 24.4. The van der Waals surface area contributed by atoms with Crippen LogP contribution in [0.15, 0.2) is 18.2 Å². The van der Waals surface area contributed by atoms with E-state index in [-0.39, 0.29) is 11.8 Å². The van der Waals surface area contributed by atoms with Gasteiger partial charge in [-0.15, -0.1) is 0 Å². The quantitative estimate of drug-likeness (QED) is 0.102. The molecular formula is C24H45IN2O2P6S4. The molecule has 0 saturated heterocycles. The average Bonchev–Trinajstić information content (AvgIpc) is 2.78. The van der Waals surface area contributed by atoms with Crippen molar-refractivity contribution in [3.05, 3.63) is 23.8 Å². The second-order valence-corrected chi connectivity index (χ2v) is 51.8. The van der Waals surface area contributed by atoms with Gasteiger partial charge in [-0.05, 0) is 115 Å². The van der Waals surface area contributed by atoms with Crippen LogP contribution < -0.4 is 21.2 Å². The molecule has 2 N–H and O–H groups in total. The fourth-order valence-corrected chi connectivity index (χ4v) is 33.5. The zero-order chi connectivity index (χ0) is 30.2. The van der Waals surface area contributed by atoms with Gasteiger partial charge in [-0.2, -0.15) is 21.1 Å². The molecule has 1 aromatic rings. The van der Waals surface area contributed by atoms with Crippen LogP contribution in [0.5, 0.6) is 0 Å². The smallest absolute Gasteiger partial charge is 0.251 e. The Kier molecular flexibility index (Phi) is 17.0. The Morgan fingerprint density at radius 1 is 0.846 bits per heavy atom. The third-order valence-corrected chi connectivity index (χ3v) is 37.6. The van der Waals surface area contributed by atoms with E-state index in [1.54, 1.807) is 21.1 Å². The first-order chi connectivity index (χ1) is 17.7. The SMILES string of the molecule is C=S=P(C)(C)CP(CP(C)(C)=S)c1ccc(C(=O)NCCNC(C)=O)cc1P(CP(C)(C)=S)CP(C)(I)=S=C. The number of rotatable bonds is 14. The van der Waals surface area contributed by atoms with Crippen molar-refractivity contribution in [2.24, 2.45) is 0 Å². The summed E-state index contributed by atoms with van der Waals surface area (Å²) >= 11 is 14.7. The lowest BCUT2D eigenvalue weighted by molar-refractivity contribution is -0.118.